The number of hydrogen-bond donors (Lipinski definition) is 2. The lowest BCUT2D eigenvalue weighted by atomic mass is 10.2. The van der Waals surface area contributed by atoms with E-state index in [1.54, 1.807) is 18.2 Å². The average Bonchev–Trinajstić information content (AvgIpc) is 3.24. The number of nitrogen functional groups attached to an aromatic ring is 1. The Balaban J connectivity index is 1.97. The Morgan fingerprint density at radius 3 is 2.52 bits per heavy atom. The second kappa shape index (κ2) is 10.6. The first-order chi connectivity index (χ1) is 14.8. The van der Waals surface area contributed by atoms with Crippen LogP contribution >= 0.6 is 35.0 Å². The van der Waals surface area contributed by atoms with Crippen LogP contribution in [0.1, 0.15) is 45.4 Å². The number of carbonyl (C=O) groups excluding carboxylic acids is 1. The van der Waals surface area contributed by atoms with Crippen molar-refractivity contribution in [3.05, 3.63) is 49.1 Å². The zero-order chi connectivity index (χ0) is 22.5. The summed E-state index contributed by atoms with van der Waals surface area (Å²) in [4.78, 5) is 42.9. The van der Waals surface area contributed by atoms with E-state index in [4.69, 9.17) is 28.9 Å². The predicted octanol–water partition coefficient (Wildman–Crippen LogP) is 4.29. The number of nitrogens with one attached hydrogen (secondary N) is 1. The zero-order valence-corrected chi connectivity index (χ0v) is 19.7. The maximum atomic E-state index is 13.4. The van der Waals surface area contributed by atoms with Gasteiger partial charge >= 0.3 is 5.69 Å². The van der Waals surface area contributed by atoms with E-state index in [0.29, 0.717) is 21.5 Å². The first kappa shape index (κ1) is 23.8. The maximum Gasteiger partial charge on any atom is 0.330 e. The molecule has 1 aliphatic rings. The molecule has 0 unspecified atom stereocenters. The van der Waals surface area contributed by atoms with Crippen molar-refractivity contribution < 1.29 is 4.79 Å². The molecule has 0 aliphatic heterocycles. The van der Waals surface area contributed by atoms with Crippen LogP contribution in [0.2, 0.25) is 10.0 Å². The summed E-state index contributed by atoms with van der Waals surface area (Å²) in [7, 11) is 0. The smallest absolute Gasteiger partial charge is 0.330 e. The van der Waals surface area contributed by atoms with Gasteiger partial charge in [-0.25, -0.2) is 4.79 Å². The molecule has 0 spiro atoms. The third-order valence-electron chi connectivity index (χ3n) is 5.41. The third-order valence-corrected chi connectivity index (χ3v) is 7.38. The number of benzene rings is 1. The first-order valence-corrected chi connectivity index (χ1v) is 12.1. The summed E-state index contributed by atoms with van der Waals surface area (Å²) >= 11 is 13.7. The normalized spacial score (nSPS) is 14.2. The van der Waals surface area contributed by atoms with Crippen LogP contribution in [-0.2, 0) is 11.3 Å². The van der Waals surface area contributed by atoms with E-state index in [0.717, 1.165) is 38.5 Å². The van der Waals surface area contributed by atoms with E-state index >= 15 is 0 Å². The number of amides is 1. The SMILES string of the molecule is CCCCn1c(N)c(N(C(=O)CSc2c(Cl)cccc2Cl)C2CCCC2)c(=O)[nH]c1=O. The summed E-state index contributed by atoms with van der Waals surface area (Å²) in [6, 6.07) is 5.01. The molecule has 1 heterocycles. The van der Waals surface area contributed by atoms with Crippen molar-refractivity contribution in [2.45, 2.75) is 62.9 Å². The van der Waals surface area contributed by atoms with E-state index in [1.165, 1.54) is 21.2 Å². The standard InChI is InChI=1S/C21H26Cl2N4O3S/c1-2-3-11-26-19(24)17(20(29)25-21(26)30)27(13-7-4-5-8-13)16(28)12-31-18-14(22)9-6-10-15(18)23/h6,9-10,13H,2-5,7-8,11-12,24H2,1H3,(H,25,29,30). The zero-order valence-electron chi connectivity index (χ0n) is 17.3. The Kier molecular flexibility index (Phi) is 8.13. The number of nitrogens with two attached hydrogens (primary N) is 1. The van der Waals surface area contributed by atoms with E-state index in [1.807, 2.05) is 6.92 Å². The van der Waals surface area contributed by atoms with Gasteiger partial charge in [-0.15, -0.1) is 11.8 Å². The third kappa shape index (κ3) is 5.30. The number of aromatic nitrogens is 2. The van der Waals surface area contributed by atoms with Gasteiger partial charge in [0, 0.05) is 17.5 Å². The molecule has 31 heavy (non-hydrogen) atoms. The van der Waals surface area contributed by atoms with Gasteiger partial charge in [0.25, 0.3) is 5.56 Å². The minimum Gasteiger partial charge on any atom is -0.383 e. The molecule has 1 aliphatic carbocycles. The fraction of sp³-hybridized carbons (Fsp3) is 0.476. The van der Waals surface area contributed by atoms with Crippen molar-refractivity contribution in [3.63, 3.8) is 0 Å². The number of anilines is 2. The highest BCUT2D eigenvalue weighted by Crippen LogP contribution is 2.35. The van der Waals surface area contributed by atoms with Crippen LogP contribution in [0.25, 0.3) is 0 Å². The number of rotatable bonds is 8. The number of unbranched alkanes of at least 4 members (excludes halogenated alkanes) is 1. The van der Waals surface area contributed by atoms with Gasteiger partial charge in [-0.1, -0.05) is 55.5 Å². The quantitative estimate of drug-likeness (QED) is 0.544. The van der Waals surface area contributed by atoms with Crippen LogP contribution < -0.4 is 21.9 Å². The van der Waals surface area contributed by atoms with Crippen molar-refractivity contribution in [3.8, 4) is 0 Å². The molecule has 1 aromatic carbocycles. The molecule has 2 aromatic rings. The van der Waals surface area contributed by atoms with E-state index in [-0.39, 0.29) is 29.2 Å². The second-order valence-electron chi connectivity index (χ2n) is 7.54. The summed E-state index contributed by atoms with van der Waals surface area (Å²) in [6.45, 7) is 2.38. The van der Waals surface area contributed by atoms with Gasteiger partial charge in [0.15, 0.2) is 5.69 Å². The van der Waals surface area contributed by atoms with Crippen molar-refractivity contribution >= 4 is 52.4 Å². The number of halogens is 2. The Morgan fingerprint density at radius 2 is 1.90 bits per heavy atom. The Bertz CT molecular complexity index is 1040. The van der Waals surface area contributed by atoms with E-state index < -0.39 is 11.2 Å². The minimum absolute atomic E-state index is 0.0308. The molecule has 7 nitrogen and oxygen atoms in total. The van der Waals surface area contributed by atoms with Gasteiger partial charge in [-0.3, -0.25) is 19.1 Å². The summed E-state index contributed by atoms with van der Waals surface area (Å²) in [5.74, 6) is -0.207. The Labute approximate surface area is 194 Å². The van der Waals surface area contributed by atoms with Gasteiger partial charge in [0.2, 0.25) is 5.91 Å². The number of hydrogen-bond acceptors (Lipinski definition) is 5. The number of thioether (sulfide) groups is 1. The first-order valence-electron chi connectivity index (χ1n) is 10.4. The summed E-state index contributed by atoms with van der Waals surface area (Å²) < 4.78 is 1.34. The predicted molar refractivity (Wildman–Crippen MR) is 128 cm³/mol. The van der Waals surface area contributed by atoms with E-state index in [9.17, 15) is 14.4 Å². The Morgan fingerprint density at radius 1 is 1.26 bits per heavy atom. The van der Waals surface area contributed by atoms with Gasteiger partial charge in [-0.2, -0.15) is 0 Å². The minimum atomic E-state index is -0.642. The lowest BCUT2D eigenvalue weighted by molar-refractivity contribution is -0.116. The highest BCUT2D eigenvalue weighted by Gasteiger charge is 2.32. The van der Waals surface area contributed by atoms with Gasteiger partial charge < -0.3 is 10.6 Å². The molecule has 1 fully saturated rings. The number of aromatic amines is 1. The molecule has 10 heteroatoms. The molecule has 0 bridgehead atoms. The van der Waals surface area contributed by atoms with Crippen molar-refractivity contribution in [1.29, 1.82) is 0 Å². The fourth-order valence-corrected chi connectivity index (χ4v) is 5.39. The molecule has 0 atom stereocenters. The molecule has 0 radical (unpaired) electrons. The molecule has 0 saturated heterocycles. The lowest BCUT2D eigenvalue weighted by Gasteiger charge is -2.30. The van der Waals surface area contributed by atoms with Crippen LogP contribution in [0, 0.1) is 0 Å². The van der Waals surface area contributed by atoms with Crippen LogP contribution in [0.3, 0.4) is 0 Å². The molecular formula is C21H26Cl2N4O3S. The van der Waals surface area contributed by atoms with Crippen LogP contribution in [0.15, 0.2) is 32.7 Å². The Hall–Kier alpha value is -1.90. The van der Waals surface area contributed by atoms with E-state index in [2.05, 4.69) is 4.98 Å². The van der Waals surface area contributed by atoms with Crippen molar-refractivity contribution in [1.82, 2.24) is 9.55 Å². The monoisotopic (exact) mass is 484 g/mol. The number of nitrogens with zero attached hydrogens (tertiary/aromatic N) is 2. The van der Waals surface area contributed by atoms with Gasteiger partial charge in [0.1, 0.15) is 5.82 Å². The van der Waals surface area contributed by atoms with Crippen molar-refractivity contribution in [2.24, 2.45) is 0 Å². The fourth-order valence-electron chi connectivity index (χ4n) is 3.85. The highest BCUT2D eigenvalue weighted by atomic mass is 35.5. The highest BCUT2D eigenvalue weighted by molar-refractivity contribution is 8.00. The largest absolute Gasteiger partial charge is 0.383 e. The molecule has 1 amide bonds. The summed E-state index contributed by atoms with van der Waals surface area (Å²) in [5, 5.41) is 0.923. The second-order valence-corrected chi connectivity index (χ2v) is 9.34. The summed E-state index contributed by atoms with van der Waals surface area (Å²) in [6.07, 6.45) is 5.07. The molecule has 1 saturated carbocycles. The molecule has 168 valence electrons. The molecule has 1 aromatic heterocycles. The topological polar surface area (TPSA) is 101 Å². The van der Waals surface area contributed by atoms with Crippen LogP contribution in [-0.4, -0.2) is 27.3 Å². The number of H-pyrrole nitrogens is 1. The maximum absolute atomic E-state index is 13.4. The van der Waals surface area contributed by atoms with Gasteiger partial charge in [-0.05, 0) is 31.4 Å². The van der Waals surface area contributed by atoms with Crippen LogP contribution in [0.5, 0.6) is 0 Å². The molecular weight excluding hydrogens is 459 g/mol. The number of carbonyl (C=O) groups is 1. The molecule has 3 N–H and O–H groups in total. The average molecular weight is 485 g/mol. The van der Waals surface area contributed by atoms with Crippen LogP contribution in [0.4, 0.5) is 11.5 Å². The van der Waals surface area contributed by atoms with Gasteiger partial charge in [0.05, 0.1) is 15.8 Å². The summed E-state index contributed by atoms with van der Waals surface area (Å²) in [5.41, 5.74) is 5.14. The lowest BCUT2D eigenvalue weighted by Crippen LogP contribution is -2.46. The van der Waals surface area contributed by atoms with Crippen molar-refractivity contribution in [2.75, 3.05) is 16.4 Å². The molecule has 3 rings (SSSR count).